The van der Waals surface area contributed by atoms with Crippen molar-refractivity contribution in [3.63, 3.8) is 0 Å². The molecule has 5 nitrogen and oxygen atoms in total. The van der Waals surface area contributed by atoms with Crippen LogP contribution in [-0.2, 0) is 0 Å². The molecule has 1 aliphatic carbocycles. The van der Waals surface area contributed by atoms with E-state index in [1.807, 2.05) is 0 Å². The lowest BCUT2D eigenvalue weighted by Gasteiger charge is -2.27. The standard InChI is InChI=1S/C20H34N4O/c1-15(8-9-16-6-4-3-5-7-16)22-20(25)18-14-21-19(23-18)17-10-12-24(2)13-11-17/h14-17H,3-13H2,1-2H3,(H,21,23)(H,22,25). The summed E-state index contributed by atoms with van der Waals surface area (Å²) in [6, 6.07) is 0.226. The van der Waals surface area contributed by atoms with Crippen molar-refractivity contribution >= 4 is 5.91 Å². The molecule has 140 valence electrons. The molecule has 1 unspecified atom stereocenters. The molecule has 25 heavy (non-hydrogen) atoms. The number of rotatable bonds is 6. The minimum absolute atomic E-state index is 0.0113. The van der Waals surface area contributed by atoms with Crippen molar-refractivity contribution in [2.75, 3.05) is 20.1 Å². The molecule has 1 saturated heterocycles. The zero-order valence-electron chi connectivity index (χ0n) is 15.9. The molecule has 1 aromatic heterocycles. The van der Waals surface area contributed by atoms with Crippen LogP contribution in [-0.4, -0.2) is 47.0 Å². The summed E-state index contributed by atoms with van der Waals surface area (Å²) in [5, 5.41) is 3.14. The second kappa shape index (κ2) is 8.84. The molecule has 0 radical (unpaired) electrons. The highest BCUT2D eigenvalue weighted by atomic mass is 16.1. The zero-order valence-corrected chi connectivity index (χ0v) is 15.9. The minimum atomic E-state index is -0.0113. The van der Waals surface area contributed by atoms with Crippen LogP contribution in [0.25, 0.3) is 0 Å². The molecule has 2 fully saturated rings. The Morgan fingerprint density at radius 2 is 2.00 bits per heavy atom. The van der Waals surface area contributed by atoms with Gasteiger partial charge in [0, 0.05) is 12.0 Å². The van der Waals surface area contributed by atoms with E-state index in [9.17, 15) is 4.79 Å². The lowest BCUT2D eigenvalue weighted by molar-refractivity contribution is 0.0931. The van der Waals surface area contributed by atoms with Gasteiger partial charge in [0.25, 0.3) is 5.91 Å². The second-order valence-electron chi connectivity index (χ2n) is 8.22. The molecule has 2 aliphatic rings. The van der Waals surface area contributed by atoms with E-state index in [0.29, 0.717) is 11.6 Å². The van der Waals surface area contributed by atoms with Crippen LogP contribution in [0, 0.1) is 5.92 Å². The first-order chi connectivity index (χ1) is 12.1. The second-order valence-corrected chi connectivity index (χ2v) is 8.22. The molecule has 2 heterocycles. The summed E-state index contributed by atoms with van der Waals surface area (Å²) in [5.74, 6) is 2.30. The zero-order chi connectivity index (χ0) is 17.6. The SMILES string of the molecule is CC(CCC1CCCCC1)NC(=O)c1cnc(C2CCN(C)CC2)[nH]1. The lowest BCUT2D eigenvalue weighted by atomic mass is 9.85. The first kappa shape index (κ1) is 18.4. The summed E-state index contributed by atoms with van der Waals surface area (Å²) in [7, 11) is 2.16. The lowest BCUT2D eigenvalue weighted by Crippen LogP contribution is -2.33. The summed E-state index contributed by atoms with van der Waals surface area (Å²) in [6.07, 6.45) is 13.2. The number of aromatic amines is 1. The van der Waals surface area contributed by atoms with Crippen LogP contribution in [0.2, 0.25) is 0 Å². The number of aromatic nitrogens is 2. The van der Waals surface area contributed by atoms with E-state index in [0.717, 1.165) is 44.1 Å². The number of H-pyrrole nitrogens is 1. The van der Waals surface area contributed by atoms with Gasteiger partial charge in [-0.15, -0.1) is 0 Å². The Kier molecular flexibility index (Phi) is 6.51. The quantitative estimate of drug-likeness (QED) is 0.826. The molecule has 5 heteroatoms. The van der Waals surface area contributed by atoms with Gasteiger partial charge in [-0.05, 0) is 58.7 Å². The van der Waals surface area contributed by atoms with E-state index in [1.54, 1.807) is 6.20 Å². The Morgan fingerprint density at radius 3 is 2.72 bits per heavy atom. The first-order valence-corrected chi connectivity index (χ1v) is 10.2. The number of amides is 1. The summed E-state index contributed by atoms with van der Waals surface area (Å²) in [6.45, 7) is 4.32. The Balaban J connectivity index is 1.44. The van der Waals surface area contributed by atoms with E-state index in [2.05, 4.69) is 34.2 Å². The molecule has 1 saturated carbocycles. The normalized spacial score (nSPS) is 22.0. The van der Waals surface area contributed by atoms with Crippen molar-refractivity contribution in [1.29, 1.82) is 0 Å². The van der Waals surface area contributed by atoms with E-state index in [-0.39, 0.29) is 11.9 Å². The molecule has 2 N–H and O–H groups in total. The van der Waals surface area contributed by atoms with Crippen LogP contribution in [0.15, 0.2) is 6.20 Å². The smallest absolute Gasteiger partial charge is 0.269 e. The van der Waals surface area contributed by atoms with E-state index < -0.39 is 0 Å². The fourth-order valence-electron chi connectivity index (χ4n) is 4.28. The largest absolute Gasteiger partial charge is 0.348 e. The molecule has 0 spiro atoms. The molecule has 0 bridgehead atoms. The highest BCUT2D eigenvalue weighted by Gasteiger charge is 2.22. The molecule has 1 amide bonds. The average Bonchev–Trinajstić information content (AvgIpc) is 3.12. The molecule has 3 rings (SSSR count). The van der Waals surface area contributed by atoms with Gasteiger partial charge in [0.1, 0.15) is 11.5 Å². The molecule has 1 atom stereocenters. The van der Waals surface area contributed by atoms with Gasteiger partial charge < -0.3 is 15.2 Å². The van der Waals surface area contributed by atoms with Crippen molar-refractivity contribution in [2.24, 2.45) is 5.92 Å². The molecule has 1 aliphatic heterocycles. The summed E-state index contributed by atoms with van der Waals surface area (Å²) in [4.78, 5) is 22.6. The highest BCUT2D eigenvalue weighted by Crippen LogP contribution is 2.28. The van der Waals surface area contributed by atoms with Crippen LogP contribution in [0.1, 0.15) is 86.9 Å². The fraction of sp³-hybridized carbons (Fsp3) is 0.800. The van der Waals surface area contributed by atoms with Gasteiger partial charge in [-0.2, -0.15) is 0 Å². The first-order valence-electron chi connectivity index (χ1n) is 10.2. The predicted octanol–water partition coefficient (Wildman–Crippen LogP) is 3.70. The third-order valence-electron chi connectivity index (χ3n) is 6.06. The number of nitrogens with zero attached hydrogens (tertiary/aromatic N) is 2. The van der Waals surface area contributed by atoms with Crippen LogP contribution in [0.5, 0.6) is 0 Å². The Bertz CT molecular complexity index is 542. The summed E-state index contributed by atoms with van der Waals surface area (Å²) >= 11 is 0. The van der Waals surface area contributed by atoms with Crippen LogP contribution in [0.4, 0.5) is 0 Å². The summed E-state index contributed by atoms with van der Waals surface area (Å²) < 4.78 is 0. The third-order valence-corrected chi connectivity index (χ3v) is 6.06. The number of nitrogens with one attached hydrogen (secondary N) is 2. The Morgan fingerprint density at radius 1 is 1.28 bits per heavy atom. The van der Waals surface area contributed by atoms with Gasteiger partial charge in [0.05, 0.1) is 6.20 Å². The molecule has 0 aromatic carbocycles. The van der Waals surface area contributed by atoms with Gasteiger partial charge in [-0.25, -0.2) is 4.98 Å². The maximum atomic E-state index is 12.5. The monoisotopic (exact) mass is 346 g/mol. The molecular weight excluding hydrogens is 312 g/mol. The number of hydrogen-bond donors (Lipinski definition) is 2. The Labute approximate surface area is 152 Å². The van der Waals surface area contributed by atoms with E-state index in [4.69, 9.17) is 0 Å². The average molecular weight is 347 g/mol. The van der Waals surface area contributed by atoms with Gasteiger partial charge >= 0.3 is 0 Å². The minimum Gasteiger partial charge on any atom is -0.348 e. The number of carbonyl (C=O) groups is 1. The van der Waals surface area contributed by atoms with Gasteiger partial charge in [0.2, 0.25) is 0 Å². The van der Waals surface area contributed by atoms with E-state index >= 15 is 0 Å². The van der Waals surface area contributed by atoms with Crippen LogP contribution in [0.3, 0.4) is 0 Å². The number of carbonyl (C=O) groups excluding carboxylic acids is 1. The van der Waals surface area contributed by atoms with Gasteiger partial charge in [-0.3, -0.25) is 4.79 Å². The van der Waals surface area contributed by atoms with Crippen molar-refractivity contribution < 1.29 is 4.79 Å². The van der Waals surface area contributed by atoms with Crippen molar-refractivity contribution in [2.45, 2.75) is 76.7 Å². The van der Waals surface area contributed by atoms with Crippen molar-refractivity contribution in [3.05, 3.63) is 17.7 Å². The van der Waals surface area contributed by atoms with Gasteiger partial charge in [0.15, 0.2) is 0 Å². The summed E-state index contributed by atoms with van der Waals surface area (Å²) in [5.41, 5.74) is 0.610. The number of piperidine rings is 1. The molecule has 1 aromatic rings. The third kappa shape index (κ3) is 5.30. The predicted molar refractivity (Wildman–Crippen MR) is 101 cm³/mol. The van der Waals surface area contributed by atoms with Crippen molar-refractivity contribution in [1.82, 2.24) is 20.2 Å². The number of likely N-dealkylation sites (tertiary alicyclic amines) is 1. The van der Waals surface area contributed by atoms with E-state index in [1.165, 1.54) is 38.5 Å². The number of imidazole rings is 1. The number of hydrogen-bond acceptors (Lipinski definition) is 3. The topological polar surface area (TPSA) is 61.0 Å². The van der Waals surface area contributed by atoms with Crippen molar-refractivity contribution in [3.8, 4) is 0 Å². The maximum absolute atomic E-state index is 12.5. The van der Waals surface area contributed by atoms with Crippen LogP contribution < -0.4 is 5.32 Å². The maximum Gasteiger partial charge on any atom is 0.269 e. The van der Waals surface area contributed by atoms with Gasteiger partial charge in [-0.1, -0.05) is 32.1 Å². The highest BCUT2D eigenvalue weighted by molar-refractivity contribution is 5.92. The van der Waals surface area contributed by atoms with Crippen LogP contribution >= 0.6 is 0 Å². The Hall–Kier alpha value is -1.36. The fourth-order valence-corrected chi connectivity index (χ4v) is 4.28. The molecular formula is C20H34N4O.